The first kappa shape index (κ1) is 24.2. The van der Waals surface area contributed by atoms with Gasteiger partial charge in [0.2, 0.25) is 0 Å². The Bertz CT molecular complexity index is 1350. The summed E-state index contributed by atoms with van der Waals surface area (Å²) < 4.78 is 7.61. The van der Waals surface area contributed by atoms with Crippen molar-refractivity contribution in [2.24, 2.45) is 0 Å². The van der Waals surface area contributed by atoms with E-state index in [1.807, 2.05) is 30.3 Å². The summed E-state index contributed by atoms with van der Waals surface area (Å²) in [6.07, 6.45) is 5.45. The van der Waals surface area contributed by atoms with Gasteiger partial charge in [-0.2, -0.15) is 10.5 Å². The van der Waals surface area contributed by atoms with Crippen molar-refractivity contribution in [2.45, 2.75) is 32.3 Å². The average Bonchev–Trinajstić information content (AvgIpc) is 3.19. The number of amides is 1. The van der Waals surface area contributed by atoms with Crippen molar-refractivity contribution in [3.05, 3.63) is 84.1 Å². The standard InChI is InChI=1S/C26H19Br2N3O2S/c27-19-8-5-16(6-9-19)15-33-23-10-7-17(12-22(23)28)11-18(13-29)25(32)31-26-21(14-30)20-3-1-2-4-24(20)34-26/h5-12H,1-4,15H2,(H,31,32)/b18-11+. The third-order valence-corrected chi connectivity index (χ3v) is 7.81. The van der Waals surface area contributed by atoms with Crippen LogP contribution in [-0.2, 0) is 24.2 Å². The molecule has 2 aromatic carbocycles. The number of hydrogen-bond acceptors (Lipinski definition) is 5. The first-order valence-corrected chi connectivity index (χ1v) is 13.0. The van der Waals surface area contributed by atoms with Gasteiger partial charge < -0.3 is 10.1 Å². The van der Waals surface area contributed by atoms with Gasteiger partial charge in [-0.1, -0.05) is 34.1 Å². The zero-order chi connectivity index (χ0) is 24.1. The lowest BCUT2D eigenvalue weighted by atomic mass is 9.96. The van der Waals surface area contributed by atoms with Crippen LogP contribution in [-0.4, -0.2) is 5.91 Å². The Kier molecular flexibility index (Phi) is 7.84. The highest BCUT2D eigenvalue weighted by Gasteiger charge is 2.22. The highest BCUT2D eigenvalue weighted by Crippen LogP contribution is 2.38. The van der Waals surface area contributed by atoms with E-state index in [4.69, 9.17) is 4.74 Å². The summed E-state index contributed by atoms with van der Waals surface area (Å²) in [6, 6.07) is 17.5. The van der Waals surface area contributed by atoms with Crippen molar-refractivity contribution in [3.63, 3.8) is 0 Å². The number of aryl methyl sites for hydroxylation is 1. The van der Waals surface area contributed by atoms with Gasteiger partial charge in [0.1, 0.15) is 35.1 Å². The molecular weight excluding hydrogens is 578 g/mol. The summed E-state index contributed by atoms with van der Waals surface area (Å²) in [5.74, 6) is 0.134. The van der Waals surface area contributed by atoms with Crippen LogP contribution in [0, 0.1) is 22.7 Å². The maximum atomic E-state index is 12.8. The zero-order valence-corrected chi connectivity index (χ0v) is 22.0. The van der Waals surface area contributed by atoms with Gasteiger partial charge in [-0.15, -0.1) is 11.3 Å². The molecule has 1 amide bonds. The minimum absolute atomic E-state index is 0.0364. The molecule has 0 radical (unpaired) electrons. The van der Waals surface area contributed by atoms with Crippen LogP contribution < -0.4 is 10.1 Å². The predicted molar refractivity (Wildman–Crippen MR) is 141 cm³/mol. The molecule has 5 nitrogen and oxygen atoms in total. The van der Waals surface area contributed by atoms with Crippen LogP contribution in [0.25, 0.3) is 6.08 Å². The van der Waals surface area contributed by atoms with Gasteiger partial charge in [0, 0.05) is 9.35 Å². The Balaban J connectivity index is 1.48. The minimum Gasteiger partial charge on any atom is -0.488 e. The van der Waals surface area contributed by atoms with Gasteiger partial charge in [0.05, 0.1) is 10.0 Å². The molecule has 1 aromatic heterocycles. The lowest BCUT2D eigenvalue weighted by molar-refractivity contribution is -0.112. The second-order valence-corrected chi connectivity index (χ2v) is 10.6. The Morgan fingerprint density at radius 3 is 2.59 bits per heavy atom. The molecule has 0 aliphatic heterocycles. The normalized spacial score (nSPS) is 12.9. The summed E-state index contributed by atoms with van der Waals surface area (Å²) in [7, 11) is 0. The van der Waals surface area contributed by atoms with Crippen LogP contribution in [0.2, 0.25) is 0 Å². The van der Waals surface area contributed by atoms with Gasteiger partial charge in [0.25, 0.3) is 5.91 Å². The Morgan fingerprint density at radius 1 is 1.12 bits per heavy atom. The molecule has 0 saturated carbocycles. The molecule has 1 aliphatic carbocycles. The van der Waals surface area contributed by atoms with E-state index in [1.54, 1.807) is 18.2 Å². The fraction of sp³-hybridized carbons (Fsp3) is 0.192. The Hall–Kier alpha value is -2.91. The second kappa shape index (κ2) is 11.0. The number of rotatable bonds is 6. The smallest absolute Gasteiger partial charge is 0.266 e. The van der Waals surface area contributed by atoms with E-state index in [-0.39, 0.29) is 5.57 Å². The zero-order valence-electron chi connectivity index (χ0n) is 18.0. The van der Waals surface area contributed by atoms with E-state index in [2.05, 4.69) is 43.2 Å². The number of benzene rings is 2. The van der Waals surface area contributed by atoms with E-state index in [9.17, 15) is 15.3 Å². The predicted octanol–water partition coefficient (Wildman–Crippen LogP) is 7.15. The third kappa shape index (κ3) is 5.59. The van der Waals surface area contributed by atoms with Crippen LogP contribution in [0.15, 0.2) is 57.0 Å². The van der Waals surface area contributed by atoms with Crippen LogP contribution in [0.5, 0.6) is 5.75 Å². The summed E-state index contributed by atoms with van der Waals surface area (Å²) in [6.45, 7) is 0.416. The number of carbonyl (C=O) groups excluding carboxylic acids is 1. The number of nitriles is 2. The topological polar surface area (TPSA) is 85.9 Å². The fourth-order valence-corrected chi connectivity index (χ4v) is 5.73. The SMILES string of the molecule is N#C/C(=C\c1ccc(OCc2ccc(Br)cc2)c(Br)c1)C(=O)Nc1sc2c(c1C#N)CCCC2. The molecule has 0 atom stereocenters. The molecule has 1 N–H and O–H groups in total. The fourth-order valence-electron chi connectivity index (χ4n) is 3.72. The van der Waals surface area contributed by atoms with E-state index in [0.29, 0.717) is 33.0 Å². The van der Waals surface area contributed by atoms with Crippen LogP contribution in [0.1, 0.15) is 40.0 Å². The second-order valence-electron chi connectivity index (χ2n) is 7.76. The number of carbonyl (C=O) groups is 1. The number of nitrogens with one attached hydrogen (secondary N) is 1. The summed E-state index contributed by atoms with van der Waals surface area (Å²) >= 11 is 8.36. The van der Waals surface area contributed by atoms with Gasteiger partial charge in [-0.05, 0) is 88.6 Å². The Morgan fingerprint density at radius 2 is 1.88 bits per heavy atom. The lowest BCUT2D eigenvalue weighted by Crippen LogP contribution is -2.13. The molecule has 0 fully saturated rings. The lowest BCUT2D eigenvalue weighted by Gasteiger charge is -2.09. The highest BCUT2D eigenvalue weighted by molar-refractivity contribution is 9.10. The molecule has 0 bridgehead atoms. The number of hydrogen-bond donors (Lipinski definition) is 1. The largest absolute Gasteiger partial charge is 0.488 e. The summed E-state index contributed by atoms with van der Waals surface area (Å²) in [5, 5.41) is 22.5. The first-order valence-electron chi connectivity index (χ1n) is 10.6. The molecule has 1 aliphatic rings. The van der Waals surface area contributed by atoms with Crippen LogP contribution >= 0.6 is 43.2 Å². The first-order chi connectivity index (χ1) is 16.5. The van der Waals surface area contributed by atoms with Gasteiger partial charge in [-0.3, -0.25) is 4.79 Å². The van der Waals surface area contributed by atoms with Gasteiger partial charge >= 0.3 is 0 Å². The van der Waals surface area contributed by atoms with Crippen molar-refractivity contribution >= 4 is 60.2 Å². The average molecular weight is 597 g/mol. The van der Waals surface area contributed by atoms with Crippen molar-refractivity contribution in [2.75, 3.05) is 5.32 Å². The summed E-state index contributed by atoms with van der Waals surface area (Å²) in [5.41, 5.74) is 3.25. The Labute approximate surface area is 218 Å². The molecule has 0 unspecified atom stereocenters. The van der Waals surface area contributed by atoms with Crippen molar-refractivity contribution < 1.29 is 9.53 Å². The molecule has 170 valence electrons. The molecule has 0 spiro atoms. The molecule has 3 aromatic rings. The van der Waals surface area contributed by atoms with Crippen molar-refractivity contribution in [1.82, 2.24) is 0 Å². The molecule has 1 heterocycles. The summed E-state index contributed by atoms with van der Waals surface area (Å²) in [4.78, 5) is 14.0. The monoisotopic (exact) mass is 595 g/mol. The third-order valence-electron chi connectivity index (χ3n) is 5.45. The van der Waals surface area contributed by atoms with E-state index in [0.717, 1.165) is 46.2 Å². The highest BCUT2D eigenvalue weighted by atomic mass is 79.9. The number of anilines is 1. The quantitative estimate of drug-likeness (QED) is 0.242. The van der Waals surface area contributed by atoms with Gasteiger partial charge in [-0.25, -0.2) is 0 Å². The molecular formula is C26H19Br2N3O2S. The van der Waals surface area contributed by atoms with E-state index >= 15 is 0 Å². The van der Waals surface area contributed by atoms with Crippen molar-refractivity contribution in [1.29, 1.82) is 10.5 Å². The molecule has 8 heteroatoms. The van der Waals surface area contributed by atoms with Gasteiger partial charge in [0.15, 0.2) is 0 Å². The maximum Gasteiger partial charge on any atom is 0.266 e. The number of nitrogens with zero attached hydrogens (tertiary/aromatic N) is 2. The number of fused-ring (bicyclic) bond motifs is 1. The molecule has 4 rings (SSSR count). The van der Waals surface area contributed by atoms with E-state index < -0.39 is 5.91 Å². The number of thiophene rings is 1. The van der Waals surface area contributed by atoms with Crippen LogP contribution in [0.3, 0.4) is 0 Å². The maximum absolute atomic E-state index is 12.8. The van der Waals surface area contributed by atoms with Crippen LogP contribution in [0.4, 0.5) is 5.00 Å². The van der Waals surface area contributed by atoms with E-state index in [1.165, 1.54) is 17.4 Å². The van der Waals surface area contributed by atoms with Crippen molar-refractivity contribution in [3.8, 4) is 17.9 Å². The molecule has 34 heavy (non-hydrogen) atoms. The number of ether oxygens (including phenoxy) is 1. The minimum atomic E-state index is -0.524. The molecule has 0 saturated heterocycles. The number of halogens is 2.